The van der Waals surface area contributed by atoms with Gasteiger partial charge in [0, 0.05) is 30.4 Å². The number of anilines is 1. The van der Waals surface area contributed by atoms with Crippen molar-refractivity contribution in [2.75, 3.05) is 31.1 Å². The third-order valence-corrected chi connectivity index (χ3v) is 7.65. The van der Waals surface area contributed by atoms with Gasteiger partial charge in [-0.05, 0) is 63.7 Å². The second kappa shape index (κ2) is 12.1. The van der Waals surface area contributed by atoms with Crippen LogP contribution in [0.15, 0.2) is 36.7 Å². The summed E-state index contributed by atoms with van der Waals surface area (Å²) in [5.74, 6) is -2.01. The van der Waals surface area contributed by atoms with Gasteiger partial charge in [0.2, 0.25) is 5.95 Å². The van der Waals surface area contributed by atoms with E-state index in [0.717, 1.165) is 21.6 Å². The first-order valence-corrected chi connectivity index (χ1v) is 13.8. The molecule has 3 heterocycles. The Kier molecular flexibility index (Phi) is 9.02. The van der Waals surface area contributed by atoms with Crippen molar-refractivity contribution >= 4 is 39.4 Å². The van der Waals surface area contributed by atoms with E-state index in [1.54, 1.807) is 43.9 Å². The molecule has 9 nitrogen and oxygen atoms in total. The maximum atomic E-state index is 13.6. The van der Waals surface area contributed by atoms with Gasteiger partial charge >= 0.3 is 18.4 Å². The molecule has 0 unspecified atom stereocenters. The molecule has 222 valence electrons. The Balaban J connectivity index is 1.53. The summed E-state index contributed by atoms with van der Waals surface area (Å²) in [7, 11) is 0. The summed E-state index contributed by atoms with van der Waals surface area (Å²) in [6.45, 7) is 5.27. The highest BCUT2D eigenvalue weighted by Crippen LogP contribution is 2.35. The first-order valence-electron chi connectivity index (χ1n) is 13.0. The number of pyridine rings is 1. The van der Waals surface area contributed by atoms with Gasteiger partial charge in [0.15, 0.2) is 5.13 Å². The normalized spacial score (nSPS) is 16.0. The zero-order valence-electron chi connectivity index (χ0n) is 22.7. The van der Waals surface area contributed by atoms with E-state index < -0.39 is 41.9 Å². The fourth-order valence-electron chi connectivity index (χ4n) is 4.63. The molecular weight excluding hydrogens is 566 g/mol. The number of thiazole rings is 1. The number of fused-ring (bicyclic) bond motifs is 1. The number of rotatable bonds is 7. The van der Waals surface area contributed by atoms with Crippen molar-refractivity contribution in [3.8, 4) is 10.4 Å². The van der Waals surface area contributed by atoms with Gasteiger partial charge in [-0.1, -0.05) is 23.5 Å². The van der Waals surface area contributed by atoms with E-state index >= 15 is 0 Å². The number of alkyl carbamates (subject to hydrolysis) is 1. The fourth-order valence-corrected chi connectivity index (χ4v) is 5.54. The van der Waals surface area contributed by atoms with Crippen molar-refractivity contribution in [1.82, 2.24) is 20.2 Å². The zero-order valence-corrected chi connectivity index (χ0v) is 23.6. The first-order chi connectivity index (χ1) is 19.2. The second-order valence-electron chi connectivity index (χ2n) is 10.9. The van der Waals surface area contributed by atoms with Crippen LogP contribution in [0, 0.1) is 11.9 Å². The lowest BCUT2D eigenvalue weighted by Crippen LogP contribution is -2.53. The number of benzene rings is 1. The lowest BCUT2D eigenvalue weighted by atomic mass is 9.96. The van der Waals surface area contributed by atoms with Crippen LogP contribution in [0.5, 0.6) is 0 Å². The van der Waals surface area contributed by atoms with Crippen LogP contribution in [0.1, 0.15) is 33.6 Å². The van der Waals surface area contributed by atoms with Crippen LogP contribution in [0.25, 0.3) is 21.2 Å². The largest absolute Gasteiger partial charge is 0.465 e. The van der Waals surface area contributed by atoms with E-state index in [1.807, 2.05) is 0 Å². The molecule has 2 aromatic heterocycles. The Labute approximate surface area is 238 Å². The Morgan fingerprint density at radius 1 is 1.15 bits per heavy atom. The van der Waals surface area contributed by atoms with Gasteiger partial charge in [-0.2, -0.15) is 17.6 Å². The third kappa shape index (κ3) is 8.26. The van der Waals surface area contributed by atoms with Gasteiger partial charge in [-0.25, -0.2) is 19.6 Å². The number of nitrogens with one attached hydrogen (secondary N) is 1. The van der Waals surface area contributed by atoms with Crippen molar-refractivity contribution in [3.63, 3.8) is 0 Å². The number of aromatic nitrogens is 2. The molecule has 1 saturated heterocycles. The Bertz CT molecular complexity index is 1390. The van der Waals surface area contributed by atoms with E-state index in [9.17, 15) is 32.3 Å². The van der Waals surface area contributed by atoms with Gasteiger partial charge in [0.05, 0.1) is 23.4 Å². The predicted octanol–water partition coefficient (Wildman–Crippen LogP) is 6.15. The average molecular weight is 598 g/mol. The minimum atomic E-state index is -4.26. The minimum absolute atomic E-state index is 0.0765. The molecule has 4 rings (SSSR count). The molecule has 0 radical (unpaired) electrons. The zero-order chi connectivity index (χ0) is 29.9. The van der Waals surface area contributed by atoms with Crippen molar-refractivity contribution in [2.45, 2.75) is 51.4 Å². The van der Waals surface area contributed by atoms with Crippen LogP contribution in [0.4, 0.5) is 32.3 Å². The van der Waals surface area contributed by atoms with E-state index in [-0.39, 0.29) is 44.2 Å². The topological polar surface area (TPSA) is 108 Å². The van der Waals surface area contributed by atoms with Crippen molar-refractivity contribution in [3.05, 3.63) is 42.6 Å². The lowest BCUT2D eigenvalue weighted by Gasteiger charge is -2.36. The third-order valence-electron chi connectivity index (χ3n) is 6.58. The van der Waals surface area contributed by atoms with E-state index in [2.05, 4.69) is 15.3 Å². The van der Waals surface area contributed by atoms with Crippen LogP contribution < -0.4 is 10.2 Å². The number of carbonyl (C=O) groups is 2. The molecule has 41 heavy (non-hydrogen) atoms. The van der Waals surface area contributed by atoms with Gasteiger partial charge in [0.25, 0.3) is 0 Å². The summed E-state index contributed by atoms with van der Waals surface area (Å²) < 4.78 is 58.4. The molecule has 1 aliphatic rings. The first kappa shape index (κ1) is 30.4. The van der Waals surface area contributed by atoms with Crippen molar-refractivity contribution in [2.24, 2.45) is 5.92 Å². The monoisotopic (exact) mass is 597 g/mol. The molecule has 2 N–H and O–H groups in total. The molecule has 0 bridgehead atoms. The van der Waals surface area contributed by atoms with Gasteiger partial charge < -0.3 is 20.1 Å². The molecule has 0 aliphatic carbocycles. The maximum Gasteiger partial charge on any atom is 0.413 e. The lowest BCUT2D eigenvalue weighted by molar-refractivity contribution is -0.185. The van der Waals surface area contributed by atoms with Crippen molar-refractivity contribution in [1.29, 1.82) is 0 Å². The number of carboxylic acid groups (broad SMARTS) is 1. The Hall–Kier alpha value is -3.52. The van der Waals surface area contributed by atoms with Crippen LogP contribution in [0.3, 0.4) is 0 Å². The van der Waals surface area contributed by atoms with Crippen molar-refractivity contribution < 1.29 is 37.0 Å². The highest BCUT2D eigenvalue weighted by molar-refractivity contribution is 7.19. The van der Waals surface area contributed by atoms with Crippen LogP contribution >= 0.6 is 11.3 Å². The minimum Gasteiger partial charge on any atom is -0.465 e. The number of likely N-dealkylation sites (tertiary alicyclic amines) is 1. The highest BCUT2D eigenvalue weighted by atomic mass is 32.1. The molecule has 1 aromatic carbocycles. The highest BCUT2D eigenvalue weighted by Gasteiger charge is 2.41. The van der Waals surface area contributed by atoms with E-state index in [4.69, 9.17) is 4.74 Å². The Morgan fingerprint density at radius 3 is 2.49 bits per heavy atom. The molecule has 0 saturated carbocycles. The molecule has 14 heteroatoms. The number of ether oxygens (including phenoxy) is 1. The molecule has 1 aliphatic heterocycles. The molecule has 3 aromatic rings. The average Bonchev–Trinajstić information content (AvgIpc) is 3.35. The number of piperidine rings is 1. The maximum absolute atomic E-state index is 13.6. The number of hydrogen-bond acceptors (Lipinski definition) is 7. The summed E-state index contributed by atoms with van der Waals surface area (Å²) in [6.07, 6.45) is -3.58. The number of alkyl halides is 3. The van der Waals surface area contributed by atoms with Gasteiger partial charge in [-0.3, -0.25) is 4.90 Å². The van der Waals surface area contributed by atoms with Crippen LogP contribution in [-0.2, 0) is 4.74 Å². The summed E-state index contributed by atoms with van der Waals surface area (Å²) in [4.78, 5) is 36.2. The molecule has 0 spiro atoms. The van der Waals surface area contributed by atoms with Gasteiger partial charge in [-0.15, -0.1) is 0 Å². The summed E-state index contributed by atoms with van der Waals surface area (Å²) in [5, 5.41) is 14.2. The fraction of sp³-hybridized carbons (Fsp3) is 0.481. The molecule has 1 fully saturated rings. The number of carbonyl (C=O) groups excluding carboxylic acids is 1. The molecule has 1 atom stereocenters. The quantitative estimate of drug-likeness (QED) is 0.249. The predicted molar refractivity (Wildman–Crippen MR) is 147 cm³/mol. The Morgan fingerprint density at radius 2 is 1.85 bits per heavy atom. The summed E-state index contributed by atoms with van der Waals surface area (Å²) in [6, 6.07) is 5.82. The van der Waals surface area contributed by atoms with Gasteiger partial charge in [0.1, 0.15) is 5.60 Å². The number of nitrogens with zero attached hydrogens (tertiary/aromatic N) is 4. The van der Waals surface area contributed by atoms with Crippen LogP contribution in [0.2, 0.25) is 0 Å². The van der Waals surface area contributed by atoms with E-state index in [0.29, 0.717) is 15.8 Å². The molecule has 2 amide bonds. The summed E-state index contributed by atoms with van der Waals surface area (Å²) >= 11 is 1.10. The second-order valence-corrected chi connectivity index (χ2v) is 11.9. The van der Waals surface area contributed by atoms with E-state index in [1.165, 1.54) is 18.5 Å². The standard InChI is InChI=1S/C27H31F4N5O4S/c1-26(2,3)40-24(37)34-20(14-35-8-6-19(7-9-35)27(29,30)31)15-36(25(38)39)23-33-13-21(41-23)16-4-5-17-12-32-22(28)11-18(17)10-16/h4-5,10-13,19-20H,6-9,14-15H2,1-3H3,(H,34,37)(H,38,39)/t20-/m1/s1. The smallest absolute Gasteiger partial charge is 0.413 e. The number of amides is 2. The molecular formula is C27H31F4N5O4S. The summed E-state index contributed by atoms with van der Waals surface area (Å²) in [5.41, 5.74) is -0.108. The number of hydrogen-bond donors (Lipinski definition) is 2. The number of halogens is 4. The SMILES string of the molecule is CC(C)(C)OC(=O)N[C@H](CN1CCC(C(F)(F)F)CC1)CN(C(=O)O)c1ncc(-c2ccc3cnc(F)cc3c2)s1. The van der Waals surface area contributed by atoms with Crippen LogP contribution in [-0.4, -0.2) is 76.2 Å².